The van der Waals surface area contributed by atoms with Crippen LogP contribution in [0.15, 0.2) is 57.6 Å². The molecule has 14 heteroatoms. The van der Waals surface area contributed by atoms with Crippen molar-refractivity contribution in [1.29, 1.82) is 0 Å². The number of esters is 1. The maximum Gasteiger partial charge on any atom is 0.328 e. The molecule has 1 aliphatic heterocycles. The third-order valence-electron chi connectivity index (χ3n) is 6.99. The minimum Gasteiger partial charge on any atom is -0.467 e. The predicted molar refractivity (Wildman–Crippen MR) is 155 cm³/mol. The van der Waals surface area contributed by atoms with Gasteiger partial charge in [0.2, 0.25) is 15.9 Å². The molecule has 0 radical (unpaired) electrons. The van der Waals surface area contributed by atoms with E-state index in [0.29, 0.717) is 11.4 Å². The highest BCUT2D eigenvalue weighted by Crippen LogP contribution is 2.25. The number of para-hydroxylation sites is 1. The monoisotopic (exact) mass is 615 g/mol. The van der Waals surface area contributed by atoms with Gasteiger partial charge in [-0.2, -0.15) is 0 Å². The Labute approximate surface area is 245 Å². The molecule has 0 bridgehead atoms. The number of rotatable bonds is 9. The number of nitrogens with one attached hydrogen (secondary N) is 3. The summed E-state index contributed by atoms with van der Waals surface area (Å²) in [4.78, 5) is 48.9. The number of hydrogen-bond acceptors (Lipinski definition) is 9. The van der Waals surface area contributed by atoms with Gasteiger partial charge in [-0.1, -0.05) is 24.3 Å². The van der Waals surface area contributed by atoms with Gasteiger partial charge in [0.1, 0.15) is 22.0 Å². The Morgan fingerprint density at radius 1 is 1.20 bits per heavy atom. The standard InChI is InChI=1S/C27H29N5O6S3/c1-16-29-22(15-40-16)26(34)32-10-9-18(31-41(36,37)24-8-5-11-39-24)13-23(32)25(33)30-21(27(35)38-2)12-17-14-28-20-7-4-3-6-19(17)20/h3-8,11,14-15,18,21,23,28,31H,9-10,12-13H2,1-2H3,(H,30,33). The topological polar surface area (TPSA) is 151 Å². The van der Waals surface area contributed by atoms with Crippen LogP contribution < -0.4 is 10.0 Å². The molecule has 3 atom stereocenters. The number of benzene rings is 1. The molecule has 1 saturated heterocycles. The average molecular weight is 616 g/mol. The van der Waals surface area contributed by atoms with Crippen molar-refractivity contribution < 1.29 is 27.5 Å². The lowest BCUT2D eigenvalue weighted by Gasteiger charge is -2.38. The van der Waals surface area contributed by atoms with Crippen LogP contribution in [0, 0.1) is 6.92 Å². The van der Waals surface area contributed by atoms with Crippen molar-refractivity contribution in [3.8, 4) is 0 Å². The maximum absolute atomic E-state index is 13.8. The van der Waals surface area contributed by atoms with Crippen LogP contribution in [0.25, 0.3) is 10.9 Å². The molecular formula is C27H29N5O6S3. The Morgan fingerprint density at radius 3 is 2.71 bits per heavy atom. The summed E-state index contributed by atoms with van der Waals surface area (Å²) in [6, 6.07) is 8.06. The molecule has 11 nitrogen and oxygen atoms in total. The van der Waals surface area contributed by atoms with E-state index < -0.39 is 45.9 Å². The molecule has 1 aromatic carbocycles. The van der Waals surface area contributed by atoms with Crippen molar-refractivity contribution in [3.63, 3.8) is 0 Å². The van der Waals surface area contributed by atoms with Gasteiger partial charge in [-0.3, -0.25) is 9.59 Å². The molecule has 1 fully saturated rings. The van der Waals surface area contributed by atoms with E-state index in [1.807, 2.05) is 24.3 Å². The molecule has 3 aromatic heterocycles. The summed E-state index contributed by atoms with van der Waals surface area (Å²) in [5, 5.41) is 7.69. The number of thiazole rings is 1. The highest BCUT2D eigenvalue weighted by atomic mass is 32.2. The lowest BCUT2D eigenvalue weighted by atomic mass is 9.96. The number of ether oxygens (including phenoxy) is 1. The maximum atomic E-state index is 13.8. The second-order valence-corrected chi connectivity index (χ2v) is 13.6. The quantitative estimate of drug-likeness (QED) is 0.245. The molecule has 41 heavy (non-hydrogen) atoms. The van der Waals surface area contributed by atoms with Crippen LogP contribution in [0.5, 0.6) is 0 Å². The second-order valence-electron chi connectivity index (χ2n) is 9.69. The van der Waals surface area contributed by atoms with E-state index in [9.17, 15) is 22.8 Å². The van der Waals surface area contributed by atoms with Gasteiger partial charge in [-0.15, -0.1) is 22.7 Å². The smallest absolute Gasteiger partial charge is 0.328 e. The van der Waals surface area contributed by atoms with Crippen LogP contribution in [-0.2, 0) is 30.8 Å². The summed E-state index contributed by atoms with van der Waals surface area (Å²) in [6.07, 6.45) is 2.26. The Hall–Kier alpha value is -3.59. The zero-order valence-corrected chi connectivity index (χ0v) is 24.8. The third kappa shape index (κ3) is 6.35. The molecule has 2 amide bonds. The summed E-state index contributed by atoms with van der Waals surface area (Å²) in [5.41, 5.74) is 1.92. The van der Waals surface area contributed by atoms with Gasteiger partial charge in [0.05, 0.1) is 12.1 Å². The first-order valence-electron chi connectivity index (χ1n) is 12.9. The Bertz CT molecular complexity index is 1660. The fraction of sp³-hybridized carbons (Fsp3) is 0.333. The van der Waals surface area contributed by atoms with E-state index in [0.717, 1.165) is 27.8 Å². The van der Waals surface area contributed by atoms with E-state index in [1.54, 1.807) is 29.9 Å². The summed E-state index contributed by atoms with van der Waals surface area (Å²) >= 11 is 2.41. The first kappa shape index (κ1) is 28.9. The number of aromatic amines is 1. The van der Waals surface area contributed by atoms with Crippen molar-refractivity contribution in [3.05, 3.63) is 69.6 Å². The number of hydrogen-bond donors (Lipinski definition) is 3. The van der Waals surface area contributed by atoms with Crippen LogP contribution in [0.4, 0.5) is 0 Å². The minimum atomic E-state index is -3.80. The average Bonchev–Trinajstić information content (AvgIpc) is 3.74. The van der Waals surface area contributed by atoms with Gasteiger partial charge in [0.25, 0.3) is 5.91 Å². The zero-order chi connectivity index (χ0) is 29.1. The van der Waals surface area contributed by atoms with E-state index >= 15 is 0 Å². The summed E-state index contributed by atoms with van der Waals surface area (Å²) < 4.78 is 33.7. The molecule has 0 aliphatic carbocycles. The summed E-state index contributed by atoms with van der Waals surface area (Å²) in [5.74, 6) is -1.65. The van der Waals surface area contributed by atoms with Crippen LogP contribution in [-0.4, -0.2) is 72.8 Å². The van der Waals surface area contributed by atoms with Gasteiger partial charge in [-0.05, 0) is 42.8 Å². The van der Waals surface area contributed by atoms with Gasteiger partial charge in [0.15, 0.2) is 0 Å². The van der Waals surface area contributed by atoms with Crippen LogP contribution in [0.2, 0.25) is 0 Å². The normalized spacial score (nSPS) is 18.2. The van der Waals surface area contributed by atoms with E-state index in [4.69, 9.17) is 4.74 Å². The number of carbonyl (C=O) groups excluding carboxylic acids is 3. The highest BCUT2D eigenvalue weighted by molar-refractivity contribution is 7.91. The fourth-order valence-electron chi connectivity index (χ4n) is 4.99. The molecule has 4 heterocycles. The van der Waals surface area contributed by atoms with Crippen molar-refractivity contribution in [2.75, 3.05) is 13.7 Å². The Kier molecular flexibility index (Phi) is 8.54. The second kappa shape index (κ2) is 12.1. The number of amides is 2. The fourth-order valence-corrected chi connectivity index (χ4v) is 7.87. The lowest BCUT2D eigenvalue weighted by Crippen LogP contribution is -2.59. The number of fused-ring (bicyclic) bond motifs is 1. The van der Waals surface area contributed by atoms with E-state index in [-0.39, 0.29) is 29.3 Å². The molecule has 0 spiro atoms. The number of sulfonamides is 1. The lowest BCUT2D eigenvalue weighted by molar-refractivity contribution is -0.145. The van der Waals surface area contributed by atoms with Crippen molar-refractivity contribution in [2.45, 2.75) is 48.5 Å². The summed E-state index contributed by atoms with van der Waals surface area (Å²) in [7, 11) is -2.56. The highest BCUT2D eigenvalue weighted by Gasteiger charge is 2.40. The first-order valence-corrected chi connectivity index (χ1v) is 16.1. The Balaban J connectivity index is 1.39. The van der Waals surface area contributed by atoms with Crippen molar-refractivity contribution in [2.24, 2.45) is 0 Å². The van der Waals surface area contributed by atoms with Crippen LogP contribution in [0.1, 0.15) is 33.9 Å². The van der Waals surface area contributed by atoms with Crippen molar-refractivity contribution in [1.82, 2.24) is 24.9 Å². The molecule has 0 saturated carbocycles. The number of aryl methyl sites for hydroxylation is 1. The molecule has 3 unspecified atom stereocenters. The number of thiophene rings is 1. The molecule has 1 aliphatic rings. The number of likely N-dealkylation sites (tertiary alicyclic amines) is 1. The van der Waals surface area contributed by atoms with Gasteiger partial charge in [0, 0.05) is 41.5 Å². The molecule has 4 aromatic rings. The van der Waals surface area contributed by atoms with E-state index in [1.165, 1.54) is 29.4 Å². The number of carbonyl (C=O) groups is 3. The minimum absolute atomic E-state index is 0.0201. The first-order chi connectivity index (χ1) is 19.7. The van der Waals surface area contributed by atoms with E-state index in [2.05, 4.69) is 20.0 Å². The number of aromatic nitrogens is 2. The molecule has 5 rings (SSSR count). The number of nitrogens with zero attached hydrogens (tertiary/aromatic N) is 2. The summed E-state index contributed by atoms with van der Waals surface area (Å²) in [6.45, 7) is 1.90. The SMILES string of the molecule is COC(=O)C(Cc1c[nH]c2ccccc12)NC(=O)C1CC(NS(=O)(=O)c2cccs2)CCN1C(=O)c1csc(C)n1. The Morgan fingerprint density at radius 2 is 2.00 bits per heavy atom. The molecule has 3 N–H and O–H groups in total. The molecule has 216 valence electrons. The van der Waals surface area contributed by atoms with Crippen LogP contribution in [0.3, 0.4) is 0 Å². The van der Waals surface area contributed by atoms with Crippen LogP contribution >= 0.6 is 22.7 Å². The van der Waals surface area contributed by atoms with Gasteiger partial charge < -0.3 is 19.9 Å². The zero-order valence-electron chi connectivity index (χ0n) is 22.3. The number of methoxy groups -OCH3 is 1. The third-order valence-corrected chi connectivity index (χ3v) is 10.7. The molecular weight excluding hydrogens is 587 g/mol. The van der Waals surface area contributed by atoms with Crippen molar-refractivity contribution >= 4 is 61.4 Å². The number of H-pyrrole nitrogens is 1. The van der Waals surface area contributed by atoms with Gasteiger partial charge in [-0.25, -0.2) is 22.9 Å². The van der Waals surface area contributed by atoms with Gasteiger partial charge >= 0.3 is 5.97 Å². The largest absolute Gasteiger partial charge is 0.467 e. The predicted octanol–water partition coefficient (Wildman–Crippen LogP) is 2.85. The number of piperidine rings is 1.